The highest BCUT2D eigenvalue weighted by Gasteiger charge is 2.37. The smallest absolute Gasteiger partial charge is 0.317 e. The van der Waals surface area contributed by atoms with Gasteiger partial charge in [-0.1, -0.05) is 18.2 Å². The van der Waals surface area contributed by atoms with Gasteiger partial charge in [0.25, 0.3) is 0 Å². The minimum Gasteiger partial charge on any atom is -0.480 e. The van der Waals surface area contributed by atoms with E-state index in [0.29, 0.717) is 18.0 Å². The van der Waals surface area contributed by atoms with Crippen LogP contribution in [0.1, 0.15) is 25.7 Å². The molecule has 2 saturated carbocycles. The van der Waals surface area contributed by atoms with E-state index in [2.05, 4.69) is 20.2 Å². The zero-order valence-electron chi connectivity index (χ0n) is 16.2. The molecule has 0 amide bonds. The van der Waals surface area contributed by atoms with Crippen molar-refractivity contribution < 1.29 is 9.90 Å². The van der Waals surface area contributed by atoms with E-state index in [1.165, 1.54) is 12.8 Å². The van der Waals surface area contributed by atoms with E-state index >= 15 is 0 Å². The Morgan fingerprint density at radius 2 is 1.96 bits per heavy atom. The highest BCUT2D eigenvalue weighted by Crippen LogP contribution is 2.34. The summed E-state index contributed by atoms with van der Waals surface area (Å²) in [6.07, 6.45) is 5.96. The number of para-hydroxylation sites is 1. The number of benzene rings is 1. The molecule has 1 heterocycles. The number of carbonyl (C=O) groups is 1. The van der Waals surface area contributed by atoms with Crippen molar-refractivity contribution in [1.29, 1.82) is 0 Å². The van der Waals surface area contributed by atoms with E-state index in [-0.39, 0.29) is 6.54 Å². The number of rotatable bonds is 9. The van der Waals surface area contributed by atoms with Crippen molar-refractivity contribution >= 4 is 23.3 Å². The molecule has 2 aliphatic carbocycles. The highest BCUT2D eigenvalue weighted by atomic mass is 16.4. The van der Waals surface area contributed by atoms with Gasteiger partial charge in [-0.2, -0.15) is 0 Å². The number of nitrogens with zero attached hydrogens (tertiary/aromatic N) is 4. The number of aliphatic carboxylic acids is 1. The molecule has 2 aromatic rings. The monoisotopic (exact) mass is 381 g/mol. The number of hydrogen-bond donors (Lipinski definition) is 2. The molecule has 2 N–H and O–H groups in total. The lowest BCUT2D eigenvalue weighted by molar-refractivity contribution is -0.139. The zero-order chi connectivity index (χ0) is 19.5. The fraction of sp³-hybridized carbons (Fsp3) is 0.476. The molecular weight excluding hydrogens is 354 g/mol. The van der Waals surface area contributed by atoms with Crippen LogP contribution in [0.3, 0.4) is 0 Å². The third-order valence-electron chi connectivity index (χ3n) is 5.65. The number of anilines is 3. The molecule has 0 aliphatic heterocycles. The van der Waals surface area contributed by atoms with Crippen LogP contribution in [0.4, 0.5) is 17.3 Å². The summed E-state index contributed by atoms with van der Waals surface area (Å²) in [7, 11) is 1.99. The third kappa shape index (κ3) is 4.59. The van der Waals surface area contributed by atoms with E-state index < -0.39 is 5.97 Å². The lowest BCUT2D eigenvalue weighted by Crippen LogP contribution is -2.52. The summed E-state index contributed by atoms with van der Waals surface area (Å²) in [6, 6.07) is 12.7. The first-order valence-corrected chi connectivity index (χ1v) is 9.91. The van der Waals surface area contributed by atoms with E-state index in [4.69, 9.17) is 0 Å². The number of nitrogens with one attached hydrogen (secondary N) is 1. The molecule has 0 bridgehead atoms. The van der Waals surface area contributed by atoms with Crippen molar-refractivity contribution in [3.8, 4) is 0 Å². The topological polar surface area (TPSA) is 81.6 Å². The summed E-state index contributed by atoms with van der Waals surface area (Å²) >= 11 is 0. The maximum atomic E-state index is 11.2. The van der Waals surface area contributed by atoms with Crippen LogP contribution >= 0.6 is 0 Å². The Labute approximate surface area is 165 Å². The van der Waals surface area contributed by atoms with Gasteiger partial charge in [-0.05, 0) is 43.7 Å². The van der Waals surface area contributed by atoms with E-state index in [1.807, 2.05) is 48.3 Å². The number of carboxylic acids is 1. The molecule has 148 valence electrons. The van der Waals surface area contributed by atoms with Crippen LogP contribution in [0.5, 0.6) is 0 Å². The van der Waals surface area contributed by atoms with Gasteiger partial charge in [0, 0.05) is 37.4 Å². The summed E-state index contributed by atoms with van der Waals surface area (Å²) in [6.45, 7) is 1.07. The van der Waals surface area contributed by atoms with Crippen LogP contribution in [0.25, 0.3) is 0 Å². The second kappa shape index (κ2) is 8.14. The van der Waals surface area contributed by atoms with Gasteiger partial charge in [0.2, 0.25) is 0 Å². The minimum absolute atomic E-state index is 0.146. The summed E-state index contributed by atoms with van der Waals surface area (Å²) in [5.74, 6) is 1.61. The Balaban J connectivity index is 1.33. The van der Waals surface area contributed by atoms with Crippen LogP contribution < -0.4 is 10.2 Å². The van der Waals surface area contributed by atoms with Gasteiger partial charge in [-0.15, -0.1) is 0 Å². The standard InChI is InChI=1S/C21H27N5O2/c1-25(17-5-3-2-4-6-17)20-11-19(22-14-23-20)24-16-9-18(10-16)26(13-21(27)28)12-15-7-8-15/h2-6,11,14-16,18H,7-10,12-13H2,1H3,(H,27,28)(H,22,23,24). The van der Waals surface area contributed by atoms with E-state index in [1.54, 1.807) is 6.33 Å². The van der Waals surface area contributed by atoms with E-state index in [9.17, 15) is 9.90 Å². The summed E-state index contributed by atoms with van der Waals surface area (Å²) in [5, 5.41) is 12.7. The molecular formula is C21H27N5O2. The van der Waals surface area contributed by atoms with Gasteiger partial charge < -0.3 is 15.3 Å². The Bertz CT molecular complexity index is 805. The molecule has 0 unspecified atom stereocenters. The van der Waals surface area contributed by atoms with Gasteiger partial charge in [0.15, 0.2) is 0 Å². The Kier molecular flexibility index (Phi) is 5.43. The first-order chi connectivity index (χ1) is 13.6. The van der Waals surface area contributed by atoms with Crippen LogP contribution in [0.15, 0.2) is 42.7 Å². The third-order valence-corrected chi connectivity index (χ3v) is 5.65. The summed E-state index contributed by atoms with van der Waals surface area (Å²) in [4.78, 5) is 24.1. The normalized spacial score (nSPS) is 21.2. The molecule has 28 heavy (non-hydrogen) atoms. The largest absolute Gasteiger partial charge is 0.480 e. The fourth-order valence-corrected chi connectivity index (χ4v) is 3.75. The Hall–Kier alpha value is -2.67. The van der Waals surface area contributed by atoms with Crippen LogP contribution in [-0.2, 0) is 4.79 Å². The first-order valence-electron chi connectivity index (χ1n) is 9.91. The maximum absolute atomic E-state index is 11.2. The predicted octanol–water partition coefficient (Wildman–Crippen LogP) is 2.98. The molecule has 1 aromatic carbocycles. The van der Waals surface area contributed by atoms with Crippen LogP contribution in [-0.4, -0.2) is 58.2 Å². The van der Waals surface area contributed by atoms with Crippen LogP contribution in [0.2, 0.25) is 0 Å². The summed E-state index contributed by atoms with van der Waals surface area (Å²) in [5.41, 5.74) is 1.07. The minimum atomic E-state index is -0.735. The number of aromatic nitrogens is 2. The molecule has 1 aromatic heterocycles. The molecule has 0 atom stereocenters. The Morgan fingerprint density at radius 3 is 2.64 bits per heavy atom. The van der Waals surface area contributed by atoms with Crippen LogP contribution in [0, 0.1) is 5.92 Å². The predicted molar refractivity (Wildman–Crippen MR) is 109 cm³/mol. The molecule has 7 heteroatoms. The lowest BCUT2D eigenvalue weighted by Gasteiger charge is -2.43. The molecule has 0 radical (unpaired) electrons. The highest BCUT2D eigenvalue weighted by molar-refractivity contribution is 5.69. The molecule has 7 nitrogen and oxygen atoms in total. The second-order valence-corrected chi connectivity index (χ2v) is 7.89. The number of hydrogen-bond acceptors (Lipinski definition) is 6. The van der Waals surface area contributed by atoms with Crippen molar-refractivity contribution in [2.24, 2.45) is 5.92 Å². The molecule has 0 spiro atoms. The van der Waals surface area contributed by atoms with Gasteiger partial charge in [0.05, 0.1) is 6.54 Å². The Morgan fingerprint density at radius 1 is 1.21 bits per heavy atom. The first kappa shape index (κ1) is 18.7. The number of carboxylic acid groups (broad SMARTS) is 1. The van der Waals surface area contributed by atoms with Crippen molar-refractivity contribution in [3.63, 3.8) is 0 Å². The molecule has 2 aliphatic rings. The van der Waals surface area contributed by atoms with E-state index in [0.717, 1.165) is 36.7 Å². The molecule has 4 rings (SSSR count). The van der Waals surface area contributed by atoms with Gasteiger partial charge >= 0.3 is 5.97 Å². The average Bonchev–Trinajstić information content (AvgIpc) is 3.48. The fourth-order valence-electron chi connectivity index (χ4n) is 3.75. The molecule has 2 fully saturated rings. The zero-order valence-corrected chi connectivity index (χ0v) is 16.2. The van der Waals surface area contributed by atoms with Crippen molar-refractivity contribution in [1.82, 2.24) is 14.9 Å². The summed E-state index contributed by atoms with van der Waals surface area (Å²) < 4.78 is 0. The average molecular weight is 381 g/mol. The van der Waals surface area contributed by atoms with Crippen molar-refractivity contribution in [3.05, 3.63) is 42.7 Å². The molecule has 0 saturated heterocycles. The lowest BCUT2D eigenvalue weighted by atomic mass is 9.85. The maximum Gasteiger partial charge on any atom is 0.317 e. The van der Waals surface area contributed by atoms with Gasteiger partial charge in [-0.25, -0.2) is 9.97 Å². The second-order valence-electron chi connectivity index (χ2n) is 7.89. The SMILES string of the molecule is CN(c1ccccc1)c1cc(NC2CC(N(CC(=O)O)CC3CC3)C2)ncn1. The van der Waals surface area contributed by atoms with Crippen molar-refractivity contribution in [2.45, 2.75) is 37.8 Å². The van der Waals surface area contributed by atoms with Gasteiger partial charge in [-0.3, -0.25) is 9.69 Å². The quantitative estimate of drug-likeness (QED) is 0.691. The van der Waals surface area contributed by atoms with Crippen molar-refractivity contribution in [2.75, 3.05) is 30.4 Å². The van der Waals surface area contributed by atoms with Gasteiger partial charge in [0.1, 0.15) is 18.0 Å².